The van der Waals surface area contributed by atoms with Gasteiger partial charge >= 0.3 is 5.97 Å². The highest BCUT2D eigenvalue weighted by Gasteiger charge is 2.30. The van der Waals surface area contributed by atoms with E-state index >= 15 is 0 Å². The van der Waals surface area contributed by atoms with Gasteiger partial charge in [0.1, 0.15) is 6.54 Å². The number of nitrogens with zero attached hydrogens (tertiary/aromatic N) is 4. The second-order valence-corrected chi connectivity index (χ2v) is 8.17. The molecule has 28 heavy (non-hydrogen) atoms. The van der Waals surface area contributed by atoms with Gasteiger partial charge in [0.15, 0.2) is 0 Å². The molecule has 0 amide bonds. The number of rotatable bonds is 5. The van der Waals surface area contributed by atoms with Crippen LogP contribution in [0, 0.1) is 6.92 Å². The number of aryl methyl sites for hydroxylation is 1. The van der Waals surface area contributed by atoms with Crippen LogP contribution in [0.1, 0.15) is 42.9 Å². The number of carboxylic acids is 1. The van der Waals surface area contributed by atoms with Gasteiger partial charge in [-0.3, -0.25) is 14.4 Å². The molecule has 0 aliphatic carbocycles. The van der Waals surface area contributed by atoms with Crippen molar-refractivity contribution < 1.29 is 9.90 Å². The molecule has 1 N–H and O–H groups in total. The number of carboxylic acid groups (broad SMARTS) is 1. The van der Waals surface area contributed by atoms with Gasteiger partial charge in [0, 0.05) is 43.5 Å². The van der Waals surface area contributed by atoms with Gasteiger partial charge in [-0.1, -0.05) is 18.2 Å². The van der Waals surface area contributed by atoms with Crippen molar-refractivity contribution in [3.63, 3.8) is 0 Å². The lowest BCUT2D eigenvalue weighted by Gasteiger charge is -2.43. The molecule has 0 unspecified atom stereocenters. The smallest absolute Gasteiger partial charge is 0.325 e. The van der Waals surface area contributed by atoms with Crippen LogP contribution in [0.15, 0.2) is 36.5 Å². The third-order valence-corrected chi connectivity index (χ3v) is 6.27. The third-order valence-electron chi connectivity index (χ3n) is 6.27. The Morgan fingerprint density at radius 3 is 2.68 bits per heavy atom. The number of carbonyl (C=O) groups is 1. The molecule has 6 heteroatoms. The predicted octanol–water partition coefficient (Wildman–Crippen LogP) is 3.12. The molecule has 2 fully saturated rings. The fraction of sp³-hybridized carbons (Fsp3) is 0.545. The second kappa shape index (κ2) is 8.35. The molecular formula is C22H30N4O2. The molecule has 2 saturated heterocycles. The Hall–Kier alpha value is -2.34. The minimum Gasteiger partial charge on any atom is -0.480 e. The first kappa shape index (κ1) is 19.0. The minimum atomic E-state index is -0.847. The molecule has 1 aromatic carbocycles. The number of benzene rings is 1. The SMILES string of the molecule is Cc1ccccc1N1CCC(N2CCC[C@H](c3ccn(CC(=O)O)n3)C2)CC1. The van der Waals surface area contributed by atoms with Crippen molar-refractivity contribution in [2.45, 2.75) is 51.1 Å². The number of piperidine rings is 2. The number of anilines is 1. The Labute approximate surface area is 166 Å². The summed E-state index contributed by atoms with van der Waals surface area (Å²) in [5.74, 6) is -0.432. The third kappa shape index (κ3) is 4.22. The molecule has 0 bridgehead atoms. The molecule has 0 spiro atoms. The zero-order valence-electron chi connectivity index (χ0n) is 16.6. The number of aliphatic carboxylic acids is 1. The maximum atomic E-state index is 10.9. The van der Waals surface area contributed by atoms with Gasteiger partial charge in [-0.25, -0.2) is 0 Å². The van der Waals surface area contributed by atoms with Crippen molar-refractivity contribution in [1.82, 2.24) is 14.7 Å². The highest BCUT2D eigenvalue weighted by Crippen LogP contribution is 2.31. The number of aromatic nitrogens is 2. The van der Waals surface area contributed by atoms with Crippen LogP contribution in [-0.2, 0) is 11.3 Å². The summed E-state index contributed by atoms with van der Waals surface area (Å²) in [5, 5.41) is 13.5. The zero-order chi connectivity index (χ0) is 19.5. The van der Waals surface area contributed by atoms with E-state index in [-0.39, 0.29) is 6.54 Å². The summed E-state index contributed by atoms with van der Waals surface area (Å²) in [4.78, 5) is 16.1. The summed E-state index contributed by atoms with van der Waals surface area (Å²) in [6.45, 7) is 6.57. The Kier molecular flexibility index (Phi) is 5.67. The quantitative estimate of drug-likeness (QED) is 0.861. The summed E-state index contributed by atoms with van der Waals surface area (Å²) < 4.78 is 1.54. The number of hydrogen-bond donors (Lipinski definition) is 1. The number of hydrogen-bond acceptors (Lipinski definition) is 4. The summed E-state index contributed by atoms with van der Waals surface area (Å²) in [6.07, 6.45) is 6.53. The van der Waals surface area contributed by atoms with Crippen LogP contribution in [0.2, 0.25) is 0 Å². The van der Waals surface area contributed by atoms with Crippen LogP contribution in [0.25, 0.3) is 0 Å². The van der Waals surface area contributed by atoms with E-state index in [4.69, 9.17) is 5.11 Å². The lowest BCUT2D eigenvalue weighted by atomic mass is 9.91. The van der Waals surface area contributed by atoms with Crippen LogP contribution in [0.5, 0.6) is 0 Å². The van der Waals surface area contributed by atoms with E-state index in [0.29, 0.717) is 12.0 Å². The summed E-state index contributed by atoms with van der Waals surface area (Å²) >= 11 is 0. The van der Waals surface area contributed by atoms with Gasteiger partial charge < -0.3 is 10.0 Å². The fourth-order valence-electron chi connectivity index (χ4n) is 4.79. The summed E-state index contributed by atoms with van der Waals surface area (Å²) in [6, 6.07) is 11.3. The van der Waals surface area contributed by atoms with Gasteiger partial charge in [-0.05, 0) is 56.8 Å². The molecule has 0 radical (unpaired) electrons. The molecule has 4 rings (SSSR count). The Morgan fingerprint density at radius 1 is 1.14 bits per heavy atom. The first-order chi connectivity index (χ1) is 13.6. The number of para-hydroxylation sites is 1. The molecule has 1 atom stereocenters. The lowest BCUT2D eigenvalue weighted by Crippen LogP contribution is -2.48. The molecule has 0 saturated carbocycles. The van der Waals surface area contributed by atoms with E-state index < -0.39 is 5.97 Å². The normalized spacial score (nSPS) is 21.8. The van der Waals surface area contributed by atoms with E-state index in [9.17, 15) is 4.79 Å². The first-order valence-corrected chi connectivity index (χ1v) is 10.4. The molecule has 2 aliphatic rings. The molecular weight excluding hydrogens is 352 g/mol. The first-order valence-electron chi connectivity index (χ1n) is 10.4. The van der Waals surface area contributed by atoms with Crippen LogP contribution in [0.4, 0.5) is 5.69 Å². The molecule has 1 aromatic heterocycles. The average molecular weight is 383 g/mol. The van der Waals surface area contributed by atoms with Crippen molar-refractivity contribution in [3.8, 4) is 0 Å². The summed E-state index contributed by atoms with van der Waals surface area (Å²) in [5.41, 5.74) is 3.78. The molecule has 2 aromatic rings. The highest BCUT2D eigenvalue weighted by molar-refractivity contribution is 5.66. The van der Waals surface area contributed by atoms with Gasteiger partial charge in [0.05, 0.1) is 5.69 Å². The standard InChI is InChI=1S/C22H30N4O2/c1-17-5-2-3-7-21(17)24-12-8-19(9-13-24)25-11-4-6-18(15-25)20-10-14-26(23-20)16-22(27)28/h2-3,5,7,10,14,18-19H,4,6,8-9,11-13,15-16H2,1H3,(H,27,28)/t18-/m0/s1. The van der Waals surface area contributed by atoms with Gasteiger partial charge in [0.2, 0.25) is 0 Å². The predicted molar refractivity (Wildman–Crippen MR) is 110 cm³/mol. The van der Waals surface area contributed by atoms with Crippen LogP contribution < -0.4 is 4.90 Å². The Bertz CT molecular complexity index is 810. The minimum absolute atomic E-state index is 0.0617. The van der Waals surface area contributed by atoms with Crippen LogP contribution in [-0.4, -0.2) is 58.0 Å². The van der Waals surface area contributed by atoms with Crippen LogP contribution in [0.3, 0.4) is 0 Å². The fourth-order valence-corrected chi connectivity index (χ4v) is 4.79. The number of likely N-dealkylation sites (tertiary alicyclic amines) is 1. The topological polar surface area (TPSA) is 61.6 Å². The molecule has 150 valence electrons. The van der Waals surface area contributed by atoms with Gasteiger partial charge in [-0.15, -0.1) is 0 Å². The van der Waals surface area contributed by atoms with E-state index in [1.54, 1.807) is 6.20 Å². The monoisotopic (exact) mass is 382 g/mol. The highest BCUT2D eigenvalue weighted by atomic mass is 16.4. The largest absolute Gasteiger partial charge is 0.480 e. The zero-order valence-corrected chi connectivity index (χ0v) is 16.6. The molecule has 6 nitrogen and oxygen atoms in total. The maximum Gasteiger partial charge on any atom is 0.325 e. The Morgan fingerprint density at radius 2 is 1.93 bits per heavy atom. The molecule has 2 aliphatic heterocycles. The summed E-state index contributed by atoms with van der Waals surface area (Å²) in [7, 11) is 0. The van der Waals surface area contributed by atoms with Crippen molar-refractivity contribution in [2.24, 2.45) is 0 Å². The van der Waals surface area contributed by atoms with Gasteiger partial charge in [0.25, 0.3) is 0 Å². The lowest BCUT2D eigenvalue weighted by molar-refractivity contribution is -0.137. The second-order valence-electron chi connectivity index (χ2n) is 8.17. The van der Waals surface area contributed by atoms with Crippen molar-refractivity contribution in [1.29, 1.82) is 0 Å². The van der Waals surface area contributed by atoms with Crippen molar-refractivity contribution >= 4 is 11.7 Å². The van der Waals surface area contributed by atoms with E-state index in [1.165, 1.54) is 41.7 Å². The van der Waals surface area contributed by atoms with Crippen LogP contribution >= 0.6 is 0 Å². The van der Waals surface area contributed by atoms with Crippen molar-refractivity contribution in [2.75, 3.05) is 31.1 Å². The van der Waals surface area contributed by atoms with E-state index in [2.05, 4.69) is 46.1 Å². The Balaban J connectivity index is 1.35. The average Bonchev–Trinajstić information content (AvgIpc) is 3.16. The van der Waals surface area contributed by atoms with Crippen molar-refractivity contribution in [3.05, 3.63) is 47.8 Å². The van der Waals surface area contributed by atoms with Gasteiger partial charge in [-0.2, -0.15) is 5.10 Å². The molecule has 3 heterocycles. The maximum absolute atomic E-state index is 10.9. The van der Waals surface area contributed by atoms with E-state index in [0.717, 1.165) is 31.7 Å². The van der Waals surface area contributed by atoms with E-state index in [1.807, 2.05) is 6.07 Å².